The molecule has 1 heterocycles. The average molecular weight is 768 g/mol. The normalized spacial score (nSPS) is 14.2. The van der Waals surface area contributed by atoms with E-state index in [9.17, 15) is 0 Å². The van der Waals surface area contributed by atoms with Gasteiger partial charge in [0, 0.05) is 16.7 Å². The highest BCUT2D eigenvalue weighted by Crippen LogP contribution is 2.64. The lowest BCUT2D eigenvalue weighted by Crippen LogP contribution is -2.27. The third-order valence-electron chi connectivity index (χ3n) is 12.2. The molecule has 0 unspecified atom stereocenters. The van der Waals surface area contributed by atoms with Crippen molar-refractivity contribution in [3.8, 4) is 56.2 Å². The van der Waals surface area contributed by atoms with Gasteiger partial charge in [0.25, 0.3) is 0 Å². The van der Waals surface area contributed by atoms with E-state index in [2.05, 4.69) is 183 Å². The van der Waals surface area contributed by atoms with E-state index >= 15 is 0 Å². The molecule has 0 saturated carbocycles. The van der Waals surface area contributed by atoms with E-state index < -0.39 is 5.41 Å². The number of benzene rings is 6. The molecule has 3 heteroatoms. The predicted octanol–water partition coefficient (Wildman–Crippen LogP) is 14.4. The lowest BCUT2D eigenvalue weighted by molar-refractivity contribution is 0.586. The fraction of sp³-hybridized carbons (Fsp3) is 0.232. The largest absolute Gasteiger partial charge is 0.208 e. The van der Waals surface area contributed by atoms with Crippen LogP contribution in [0.4, 0.5) is 0 Å². The average Bonchev–Trinajstić information content (AvgIpc) is 3.69. The number of rotatable bonds is 6. The van der Waals surface area contributed by atoms with Crippen LogP contribution in [0.1, 0.15) is 102 Å². The SMILES string of the molecule is C/C=C\C(=C/C(C)C)c1nc(-c2ccccc2)nc(-c2cccc(-c3ccc4c(c3)C3(c5ccccc5-4)c4cc(C(C)(C)C)ccc4-c4ccc(C(C)(C)C)cc43)c2)n1. The number of allylic oxidation sites excluding steroid dienone is 4. The summed E-state index contributed by atoms with van der Waals surface area (Å²) in [7, 11) is 0. The Morgan fingerprint density at radius 1 is 0.492 bits per heavy atom. The van der Waals surface area contributed by atoms with Crippen molar-refractivity contribution < 1.29 is 0 Å². The molecule has 0 N–H and O–H groups in total. The summed E-state index contributed by atoms with van der Waals surface area (Å²) in [5, 5.41) is 0. The molecule has 0 bridgehead atoms. The third kappa shape index (κ3) is 6.48. The number of fused-ring (bicyclic) bond motifs is 10. The van der Waals surface area contributed by atoms with Crippen molar-refractivity contribution in [3.05, 3.63) is 191 Å². The molecule has 2 aliphatic carbocycles. The molecule has 7 aromatic rings. The van der Waals surface area contributed by atoms with Gasteiger partial charge in [-0.25, -0.2) is 15.0 Å². The Hall–Kier alpha value is -6.19. The van der Waals surface area contributed by atoms with Gasteiger partial charge in [-0.2, -0.15) is 0 Å². The Morgan fingerprint density at radius 2 is 1.00 bits per heavy atom. The Morgan fingerprint density at radius 3 is 1.61 bits per heavy atom. The summed E-state index contributed by atoms with van der Waals surface area (Å²) in [4.78, 5) is 15.3. The molecule has 0 saturated heterocycles. The van der Waals surface area contributed by atoms with Crippen LogP contribution in [-0.4, -0.2) is 15.0 Å². The summed E-state index contributed by atoms with van der Waals surface area (Å²) in [5.74, 6) is 2.32. The summed E-state index contributed by atoms with van der Waals surface area (Å²) in [6.45, 7) is 20.3. The van der Waals surface area contributed by atoms with Gasteiger partial charge in [0.15, 0.2) is 17.5 Å². The number of aromatic nitrogens is 3. The Bertz CT molecular complexity index is 2760. The third-order valence-corrected chi connectivity index (χ3v) is 12.2. The van der Waals surface area contributed by atoms with E-state index in [4.69, 9.17) is 15.0 Å². The lowest BCUT2D eigenvalue weighted by atomic mass is 9.68. The Kier molecular flexibility index (Phi) is 9.27. The van der Waals surface area contributed by atoms with Crippen molar-refractivity contribution >= 4 is 5.57 Å². The highest BCUT2D eigenvalue weighted by Gasteiger charge is 2.52. The van der Waals surface area contributed by atoms with Crippen LogP contribution in [0, 0.1) is 5.92 Å². The van der Waals surface area contributed by atoms with Crippen LogP contribution >= 0.6 is 0 Å². The lowest BCUT2D eigenvalue weighted by Gasteiger charge is -2.33. The van der Waals surface area contributed by atoms with Crippen LogP contribution < -0.4 is 0 Å². The number of nitrogens with zero attached hydrogens (tertiary/aromatic N) is 3. The molecule has 0 aliphatic heterocycles. The topological polar surface area (TPSA) is 38.7 Å². The van der Waals surface area contributed by atoms with Gasteiger partial charge >= 0.3 is 0 Å². The minimum Gasteiger partial charge on any atom is -0.208 e. The first kappa shape index (κ1) is 38.3. The molecular weight excluding hydrogens is 715 g/mol. The van der Waals surface area contributed by atoms with Crippen LogP contribution in [0.25, 0.3) is 61.7 Å². The smallest absolute Gasteiger partial charge is 0.164 e. The van der Waals surface area contributed by atoms with Gasteiger partial charge in [-0.3, -0.25) is 0 Å². The summed E-state index contributed by atoms with van der Waals surface area (Å²) in [6, 6.07) is 49.7. The van der Waals surface area contributed by atoms with E-state index in [0.717, 1.165) is 22.3 Å². The van der Waals surface area contributed by atoms with Crippen molar-refractivity contribution in [2.45, 2.75) is 78.6 Å². The summed E-state index contributed by atoms with van der Waals surface area (Å²) in [5.41, 5.74) is 18.1. The molecule has 0 amide bonds. The van der Waals surface area contributed by atoms with Crippen molar-refractivity contribution in [2.75, 3.05) is 0 Å². The quantitative estimate of drug-likeness (QED) is 0.158. The van der Waals surface area contributed by atoms with E-state index in [1.54, 1.807) is 0 Å². The Balaban J connectivity index is 1.26. The van der Waals surface area contributed by atoms with Gasteiger partial charge < -0.3 is 0 Å². The number of hydrogen-bond donors (Lipinski definition) is 0. The van der Waals surface area contributed by atoms with Gasteiger partial charge in [0.2, 0.25) is 0 Å². The second-order valence-corrected chi connectivity index (χ2v) is 18.7. The van der Waals surface area contributed by atoms with Gasteiger partial charge in [0.1, 0.15) is 0 Å². The zero-order valence-electron chi connectivity index (χ0n) is 35.9. The first-order chi connectivity index (χ1) is 28.3. The second-order valence-electron chi connectivity index (χ2n) is 18.7. The van der Waals surface area contributed by atoms with Crippen molar-refractivity contribution in [3.63, 3.8) is 0 Å². The zero-order valence-corrected chi connectivity index (χ0v) is 35.9. The molecule has 6 aromatic carbocycles. The maximum atomic E-state index is 5.14. The van der Waals surface area contributed by atoms with Crippen LogP contribution in [0.15, 0.2) is 152 Å². The van der Waals surface area contributed by atoms with Crippen LogP contribution in [0.5, 0.6) is 0 Å². The molecule has 0 fully saturated rings. The molecule has 1 aromatic heterocycles. The number of hydrogen-bond acceptors (Lipinski definition) is 3. The summed E-state index contributed by atoms with van der Waals surface area (Å²) >= 11 is 0. The molecule has 0 atom stereocenters. The summed E-state index contributed by atoms with van der Waals surface area (Å²) < 4.78 is 0. The van der Waals surface area contributed by atoms with E-state index in [1.807, 2.05) is 31.2 Å². The maximum Gasteiger partial charge on any atom is 0.164 e. The molecule has 1 spiro atoms. The predicted molar refractivity (Wildman–Crippen MR) is 247 cm³/mol. The van der Waals surface area contributed by atoms with Gasteiger partial charge in [-0.1, -0.05) is 195 Å². The van der Waals surface area contributed by atoms with E-state index in [1.165, 1.54) is 61.2 Å². The molecule has 59 heavy (non-hydrogen) atoms. The first-order valence-electron chi connectivity index (χ1n) is 21.1. The van der Waals surface area contributed by atoms with Gasteiger partial charge in [-0.05, 0) is 103 Å². The fourth-order valence-corrected chi connectivity index (χ4v) is 9.23. The van der Waals surface area contributed by atoms with Gasteiger partial charge in [-0.15, -0.1) is 0 Å². The molecule has 3 nitrogen and oxygen atoms in total. The van der Waals surface area contributed by atoms with E-state index in [-0.39, 0.29) is 10.8 Å². The van der Waals surface area contributed by atoms with Crippen LogP contribution in [0.2, 0.25) is 0 Å². The van der Waals surface area contributed by atoms with Crippen molar-refractivity contribution in [1.29, 1.82) is 0 Å². The first-order valence-corrected chi connectivity index (χ1v) is 21.1. The van der Waals surface area contributed by atoms with E-state index in [0.29, 0.717) is 23.4 Å². The minimum absolute atomic E-state index is 0.00174. The molecule has 9 rings (SSSR count). The van der Waals surface area contributed by atoms with Crippen molar-refractivity contribution in [2.24, 2.45) is 5.92 Å². The van der Waals surface area contributed by atoms with Crippen molar-refractivity contribution in [1.82, 2.24) is 15.0 Å². The highest BCUT2D eigenvalue weighted by atomic mass is 15.0. The zero-order chi connectivity index (χ0) is 41.3. The summed E-state index contributed by atoms with van der Waals surface area (Å²) in [6.07, 6.45) is 6.36. The van der Waals surface area contributed by atoms with Crippen LogP contribution in [-0.2, 0) is 16.2 Å². The maximum absolute atomic E-state index is 5.14. The fourth-order valence-electron chi connectivity index (χ4n) is 9.23. The van der Waals surface area contributed by atoms with Gasteiger partial charge in [0.05, 0.1) is 5.41 Å². The second kappa shape index (κ2) is 14.3. The monoisotopic (exact) mass is 767 g/mol. The molecule has 0 radical (unpaired) electrons. The Labute approximate surface area is 350 Å². The minimum atomic E-state index is -0.466. The van der Waals surface area contributed by atoms with Crippen LogP contribution in [0.3, 0.4) is 0 Å². The highest BCUT2D eigenvalue weighted by molar-refractivity contribution is 5.96. The molecule has 292 valence electrons. The molecule has 2 aliphatic rings. The molecular formula is C56H53N3. The standard InChI is InChI=1S/C56H53N3/c1-10-17-39(30-35(2)3)52-57-51(36-18-12-11-13-19-36)58-53(59-52)40-21-16-20-37(31-40)38-24-27-44-43-22-14-15-23-47(43)56(48(44)32-38)49-33-41(54(4,5)6)25-28-45(49)46-29-26-42(34-50(46)56)55(7,8)9/h10-35H,1-9H3/b17-10-,39-30+.